The SMILES string of the molecule is CNC(=O)c1ccc(NCCC(=O)Nc2ccc(C)cn2)nn1. The second-order valence-corrected chi connectivity index (χ2v) is 4.83. The number of aryl methyl sites for hydroxylation is 1. The molecule has 8 heteroatoms. The Morgan fingerprint density at radius 1 is 1.09 bits per heavy atom. The van der Waals surface area contributed by atoms with Gasteiger partial charge in [-0.1, -0.05) is 6.07 Å². The predicted molar refractivity (Wildman–Crippen MR) is 86.1 cm³/mol. The molecule has 0 bridgehead atoms. The Labute approximate surface area is 133 Å². The average Bonchev–Trinajstić information content (AvgIpc) is 2.57. The first kappa shape index (κ1) is 16.3. The highest BCUT2D eigenvalue weighted by Crippen LogP contribution is 2.05. The van der Waals surface area contributed by atoms with Gasteiger partial charge in [-0.2, -0.15) is 0 Å². The Hall–Kier alpha value is -3.03. The van der Waals surface area contributed by atoms with Crippen LogP contribution in [0.25, 0.3) is 0 Å². The number of aromatic nitrogens is 3. The molecule has 0 aliphatic heterocycles. The Kier molecular flexibility index (Phi) is 5.56. The molecule has 2 amide bonds. The molecule has 0 spiro atoms. The summed E-state index contributed by atoms with van der Waals surface area (Å²) in [5, 5.41) is 15.8. The van der Waals surface area contributed by atoms with Crippen molar-refractivity contribution in [3.63, 3.8) is 0 Å². The van der Waals surface area contributed by atoms with Crippen LogP contribution in [0.15, 0.2) is 30.5 Å². The van der Waals surface area contributed by atoms with Crippen molar-refractivity contribution in [2.75, 3.05) is 24.2 Å². The predicted octanol–water partition coefficient (Wildman–Crippen LogP) is 0.980. The molecule has 0 unspecified atom stereocenters. The Balaban J connectivity index is 1.77. The largest absolute Gasteiger partial charge is 0.368 e. The summed E-state index contributed by atoms with van der Waals surface area (Å²) in [6.07, 6.45) is 1.95. The molecule has 8 nitrogen and oxygen atoms in total. The maximum absolute atomic E-state index is 11.8. The molecule has 0 atom stereocenters. The van der Waals surface area contributed by atoms with Gasteiger partial charge in [0.05, 0.1) is 0 Å². The van der Waals surface area contributed by atoms with Gasteiger partial charge in [0.2, 0.25) is 5.91 Å². The molecule has 0 saturated heterocycles. The zero-order valence-corrected chi connectivity index (χ0v) is 13.0. The van der Waals surface area contributed by atoms with Gasteiger partial charge in [0.15, 0.2) is 5.69 Å². The average molecular weight is 314 g/mol. The third kappa shape index (κ3) is 5.03. The van der Waals surface area contributed by atoms with Crippen molar-refractivity contribution in [3.8, 4) is 0 Å². The monoisotopic (exact) mass is 314 g/mol. The first-order chi connectivity index (χ1) is 11.1. The van der Waals surface area contributed by atoms with Gasteiger partial charge in [0.1, 0.15) is 11.6 Å². The van der Waals surface area contributed by atoms with Crippen molar-refractivity contribution < 1.29 is 9.59 Å². The summed E-state index contributed by atoms with van der Waals surface area (Å²) in [6.45, 7) is 2.32. The normalized spacial score (nSPS) is 10.0. The van der Waals surface area contributed by atoms with Crippen LogP contribution in [-0.2, 0) is 4.79 Å². The number of hydrogen-bond donors (Lipinski definition) is 3. The van der Waals surface area contributed by atoms with Crippen LogP contribution < -0.4 is 16.0 Å². The summed E-state index contributed by atoms with van der Waals surface area (Å²) >= 11 is 0. The van der Waals surface area contributed by atoms with Gasteiger partial charge >= 0.3 is 0 Å². The first-order valence-electron chi connectivity index (χ1n) is 7.10. The smallest absolute Gasteiger partial charge is 0.271 e. The maximum atomic E-state index is 11.8. The van der Waals surface area contributed by atoms with Gasteiger partial charge in [-0.05, 0) is 30.7 Å². The fourth-order valence-electron chi connectivity index (χ4n) is 1.73. The number of nitrogens with zero attached hydrogens (tertiary/aromatic N) is 3. The van der Waals surface area contributed by atoms with E-state index < -0.39 is 0 Å². The number of amides is 2. The third-order valence-electron chi connectivity index (χ3n) is 2.96. The lowest BCUT2D eigenvalue weighted by Gasteiger charge is -2.06. The van der Waals surface area contributed by atoms with Crippen LogP contribution in [-0.4, -0.2) is 40.6 Å². The molecule has 0 fully saturated rings. The van der Waals surface area contributed by atoms with E-state index in [1.807, 2.05) is 13.0 Å². The highest BCUT2D eigenvalue weighted by molar-refractivity contribution is 5.92. The standard InChI is InChI=1S/C15H18N6O2/c1-10-3-5-12(18-9-10)19-14(22)7-8-17-13-6-4-11(20-21-13)15(23)16-2/h3-6,9H,7-8H2,1-2H3,(H,16,23)(H,17,21)(H,18,19,22). The number of anilines is 2. The summed E-state index contributed by atoms with van der Waals surface area (Å²) < 4.78 is 0. The van der Waals surface area contributed by atoms with E-state index in [2.05, 4.69) is 31.1 Å². The van der Waals surface area contributed by atoms with E-state index in [4.69, 9.17) is 0 Å². The molecule has 2 heterocycles. The van der Waals surface area contributed by atoms with Crippen LogP contribution in [0.2, 0.25) is 0 Å². The number of hydrogen-bond acceptors (Lipinski definition) is 6. The molecule has 2 aromatic heterocycles. The maximum Gasteiger partial charge on any atom is 0.271 e. The summed E-state index contributed by atoms with van der Waals surface area (Å²) in [7, 11) is 1.53. The molecule has 23 heavy (non-hydrogen) atoms. The summed E-state index contributed by atoms with van der Waals surface area (Å²) in [6, 6.07) is 6.83. The molecule has 120 valence electrons. The van der Waals surface area contributed by atoms with Crippen LogP contribution in [0.4, 0.5) is 11.6 Å². The second kappa shape index (κ2) is 7.83. The quantitative estimate of drug-likeness (QED) is 0.733. The van der Waals surface area contributed by atoms with Gasteiger partial charge in [-0.3, -0.25) is 9.59 Å². The number of pyridine rings is 1. The van der Waals surface area contributed by atoms with Gasteiger partial charge in [-0.15, -0.1) is 10.2 Å². The summed E-state index contributed by atoms with van der Waals surface area (Å²) in [4.78, 5) is 27.2. The fourth-order valence-corrected chi connectivity index (χ4v) is 1.73. The van der Waals surface area contributed by atoms with Crippen molar-refractivity contribution >= 4 is 23.5 Å². The van der Waals surface area contributed by atoms with E-state index in [0.717, 1.165) is 5.56 Å². The van der Waals surface area contributed by atoms with Crippen LogP contribution in [0.3, 0.4) is 0 Å². The second-order valence-electron chi connectivity index (χ2n) is 4.83. The minimum Gasteiger partial charge on any atom is -0.368 e. The van der Waals surface area contributed by atoms with Crippen molar-refractivity contribution in [2.45, 2.75) is 13.3 Å². The fraction of sp³-hybridized carbons (Fsp3) is 0.267. The van der Waals surface area contributed by atoms with E-state index in [1.54, 1.807) is 24.4 Å². The molecular formula is C15H18N6O2. The summed E-state index contributed by atoms with van der Waals surface area (Å²) in [5.74, 6) is 0.576. The molecule has 0 aliphatic carbocycles. The van der Waals surface area contributed by atoms with E-state index in [0.29, 0.717) is 18.2 Å². The van der Waals surface area contributed by atoms with Gasteiger partial charge < -0.3 is 16.0 Å². The third-order valence-corrected chi connectivity index (χ3v) is 2.96. The molecule has 2 rings (SSSR count). The van der Waals surface area contributed by atoms with Crippen molar-refractivity contribution in [1.29, 1.82) is 0 Å². The van der Waals surface area contributed by atoms with E-state index in [9.17, 15) is 9.59 Å². The molecule has 0 aliphatic rings. The molecule has 0 aromatic carbocycles. The minimum absolute atomic E-state index is 0.149. The minimum atomic E-state index is -0.297. The van der Waals surface area contributed by atoms with Crippen LogP contribution in [0, 0.1) is 6.92 Å². The number of carbonyl (C=O) groups is 2. The molecule has 3 N–H and O–H groups in total. The lowest BCUT2D eigenvalue weighted by atomic mass is 10.3. The van der Waals surface area contributed by atoms with E-state index in [-0.39, 0.29) is 23.9 Å². The lowest BCUT2D eigenvalue weighted by Crippen LogP contribution is -2.20. The Morgan fingerprint density at radius 3 is 2.48 bits per heavy atom. The topological polar surface area (TPSA) is 109 Å². The first-order valence-corrected chi connectivity index (χ1v) is 7.10. The van der Waals surface area contributed by atoms with Crippen LogP contribution in [0.1, 0.15) is 22.5 Å². The van der Waals surface area contributed by atoms with Crippen molar-refractivity contribution in [2.24, 2.45) is 0 Å². The molecular weight excluding hydrogens is 296 g/mol. The van der Waals surface area contributed by atoms with Crippen molar-refractivity contribution in [3.05, 3.63) is 41.7 Å². The molecule has 2 aromatic rings. The van der Waals surface area contributed by atoms with Gasteiger partial charge in [0.25, 0.3) is 5.91 Å². The van der Waals surface area contributed by atoms with Crippen molar-refractivity contribution in [1.82, 2.24) is 20.5 Å². The molecule has 0 radical (unpaired) electrons. The number of nitrogens with one attached hydrogen (secondary N) is 3. The van der Waals surface area contributed by atoms with Crippen LogP contribution in [0.5, 0.6) is 0 Å². The molecule has 0 saturated carbocycles. The summed E-state index contributed by atoms with van der Waals surface area (Å²) in [5.41, 5.74) is 1.27. The lowest BCUT2D eigenvalue weighted by molar-refractivity contribution is -0.116. The van der Waals surface area contributed by atoms with Gasteiger partial charge in [-0.25, -0.2) is 4.98 Å². The zero-order valence-electron chi connectivity index (χ0n) is 13.0. The van der Waals surface area contributed by atoms with Gasteiger partial charge in [0, 0.05) is 26.2 Å². The highest BCUT2D eigenvalue weighted by Gasteiger charge is 2.06. The number of rotatable bonds is 6. The van der Waals surface area contributed by atoms with E-state index in [1.165, 1.54) is 7.05 Å². The zero-order chi connectivity index (χ0) is 16.7. The van der Waals surface area contributed by atoms with E-state index >= 15 is 0 Å². The Bertz CT molecular complexity index is 669. The van der Waals surface area contributed by atoms with Crippen LogP contribution >= 0.6 is 0 Å². The highest BCUT2D eigenvalue weighted by atomic mass is 16.2. The Morgan fingerprint density at radius 2 is 1.87 bits per heavy atom. The number of carbonyl (C=O) groups excluding carboxylic acids is 2.